The maximum Gasteiger partial charge on any atom is 0.236 e. The molecule has 1 aliphatic heterocycles. The van der Waals surface area contributed by atoms with E-state index < -0.39 is 0 Å². The minimum atomic E-state index is 0.143. The fraction of sp³-hybridized carbons (Fsp3) is 0.571. The van der Waals surface area contributed by atoms with Gasteiger partial charge >= 0.3 is 0 Å². The van der Waals surface area contributed by atoms with Crippen LogP contribution in [0.1, 0.15) is 98.7 Å². The molecule has 2 aromatic rings. The highest BCUT2D eigenvalue weighted by Gasteiger charge is 2.40. The summed E-state index contributed by atoms with van der Waals surface area (Å²) in [5.41, 5.74) is 4.97. The first-order valence-electron chi connectivity index (χ1n) is 12.7. The number of aliphatic imine (C=N–C) groups is 1. The second-order valence-corrected chi connectivity index (χ2v) is 10.2. The summed E-state index contributed by atoms with van der Waals surface area (Å²) in [7, 11) is 0. The predicted octanol–water partition coefficient (Wildman–Crippen LogP) is 6.77. The smallest absolute Gasteiger partial charge is 0.236 e. The van der Waals surface area contributed by atoms with E-state index in [1.54, 1.807) is 0 Å². The van der Waals surface area contributed by atoms with Crippen LogP contribution in [0.5, 0.6) is 0 Å². The molecule has 2 atom stereocenters. The molecule has 2 heterocycles. The summed E-state index contributed by atoms with van der Waals surface area (Å²) in [6, 6.07) is 15.4. The fourth-order valence-electron chi connectivity index (χ4n) is 6.83. The van der Waals surface area contributed by atoms with Crippen molar-refractivity contribution in [3.8, 4) is 0 Å². The van der Waals surface area contributed by atoms with Crippen molar-refractivity contribution in [3.05, 3.63) is 65.0 Å². The van der Waals surface area contributed by atoms with Crippen LogP contribution in [-0.4, -0.2) is 17.0 Å². The van der Waals surface area contributed by atoms with Crippen LogP contribution in [0.15, 0.2) is 47.5 Å². The number of aromatic nitrogens is 1. The van der Waals surface area contributed by atoms with E-state index in [0.29, 0.717) is 5.92 Å². The van der Waals surface area contributed by atoms with Crippen LogP contribution in [0.3, 0.4) is 0 Å². The van der Waals surface area contributed by atoms with E-state index in [0.717, 1.165) is 29.8 Å². The van der Waals surface area contributed by atoms with Crippen LogP contribution < -0.4 is 0 Å². The van der Waals surface area contributed by atoms with Crippen molar-refractivity contribution in [1.29, 1.82) is 0 Å². The predicted molar refractivity (Wildman–Crippen MR) is 124 cm³/mol. The third kappa shape index (κ3) is 3.70. The number of benzene rings is 1. The van der Waals surface area contributed by atoms with Crippen LogP contribution in [0.25, 0.3) is 0 Å². The van der Waals surface area contributed by atoms with E-state index in [9.17, 15) is 0 Å². The van der Waals surface area contributed by atoms with Crippen molar-refractivity contribution in [2.24, 2.45) is 16.8 Å². The number of fused-ring (bicyclic) bond motifs is 3. The van der Waals surface area contributed by atoms with Gasteiger partial charge in [0.15, 0.2) is 0 Å². The molecule has 1 aromatic carbocycles. The molecule has 0 bridgehead atoms. The average molecular weight is 415 g/mol. The van der Waals surface area contributed by atoms with E-state index >= 15 is 0 Å². The van der Waals surface area contributed by atoms with Crippen LogP contribution in [-0.2, 0) is 11.2 Å². The SMILES string of the molecule is c1cc(C2=N[C@@H]3c4ccccc4C[C@@H]3O2)nc(C(C2CCCCC2)C2CCCCC2)c1. The first-order valence-corrected chi connectivity index (χ1v) is 12.7. The van der Waals surface area contributed by atoms with Gasteiger partial charge in [-0.05, 0) is 60.8 Å². The summed E-state index contributed by atoms with van der Waals surface area (Å²) in [5, 5.41) is 0. The Morgan fingerprint density at radius 2 is 1.48 bits per heavy atom. The number of rotatable bonds is 4. The van der Waals surface area contributed by atoms with Gasteiger partial charge in [-0.15, -0.1) is 0 Å². The fourth-order valence-corrected chi connectivity index (χ4v) is 6.83. The topological polar surface area (TPSA) is 34.5 Å². The summed E-state index contributed by atoms with van der Waals surface area (Å²) in [4.78, 5) is 10.3. The first-order chi connectivity index (χ1) is 15.4. The van der Waals surface area contributed by atoms with Crippen molar-refractivity contribution < 1.29 is 4.74 Å². The van der Waals surface area contributed by atoms with Crippen LogP contribution in [0, 0.1) is 11.8 Å². The molecular formula is C28H34N2O. The van der Waals surface area contributed by atoms with Gasteiger partial charge in [0.05, 0.1) is 0 Å². The van der Waals surface area contributed by atoms with E-state index in [2.05, 4.69) is 42.5 Å². The molecule has 1 aromatic heterocycles. The molecular weight excluding hydrogens is 380 g/mol. The Kier molecular flexibility index (Phi) is 5.29. The number of ether oxygens (including phenoxy) is 1. The van der Waals surface area contributed by atoms with Gasteiger partial charge < -0.3 is 4.74 Å². The zero-order chi connectivity index (χ0) is 20.6. The molecule has 162 valence electrons. The van der Waals surface area contributed by atoms with Crippen LogP contribution in [0.2, 0.25) is 0 Å². The molecule has 0 N–H and O–H groups in total. The Morgan fingerprint density at radius 3 is 2.23 bits per heavy atom. The Bertz CT molecular complexity index is 937. The lowest BCUT2D eigenvalue weighted by Crippen LogP contribution is -2.27. The van der Waals surface area contributed by atoms with E-state index in [4.69, 9.17) is 14.7 Å². The third-order valence-electron chi connectivity index (χ3n) is 8.31. The van der Waals surface area contributed by atoms with Gasteiger partial charge in [-0.3, -0.25) is 0 Å². The minimum absolute atomic E-state index is 0.143. The highest BCUT2D eigenvalue weighted by Crippen LogP contribution is 2.45. The summed E-state index contributed by atoms with van der Waals surface area (Å²) in [5.74, 6) is 2.98. The summed E-state index contributed by atoms with van der Waals surface area (Å²) in [6.07, 6.45) is 15.0. The normalized spacial score (nSPS) is 26.4. The molecule has 4 aliphatic rings. The maximum atomic E-state index is 6.37. The lowest BCUT2D eigenvalue weighted by Gasteiger charge is -2.37. The zero-order valence-electron chi connectivity index (χ0n) is 18.5. The molecule has 0 spiro atoms. The Labute approximate surface area is 186 Å². The standard InChI is InChI=1S/C28H34N2O/c1-3-10-19(11-4-1)26(20-12-5-2-6-13-20)23-16-9-17-24(29-23)28-30-27-22-15-8-7-14-21(22)18-25(27)31-28/h7-9,14-17,19-20,25-27H,1-6,10-13,18H2/t25-,27+/m0/s1. The van der Waals surface area contributed by atoms with Crippen molar-refractivity contribution >= 4 is 5.90 Å². The third-order valence-corrected chi connectivity index (χ3v) is 8.31. The Balaban J connectivity index is 1.30. The van der Waals surface area contributed by atoms with Gasteiger partial charge in [0.2, 0.25) is 5.90 Å². The van der Waals surface area contributed by atoms with Gasteiger partial charge in [-0.1, -0.05) is 68.9 Å². The molecule has 3 aliphatic carbocycles. The molecule has 3 nitrogen and oxygen atoms in total. The first kappa shape index (κ1) is 19.5. The van der Waals surface area contributed by atoms with Gasteiger partial charge in [0.25, 0.3) is 0 Å². The molecule has 2 fully saturated rings. The number of nitrogens with zero attached hydrogens (tertiary/aromatic N) is 2. The molecule has 3 heteroatoms. The van der Waals surface area contributed by atoms with Crippen molar-refractivity contribution in [2.75, 3.05) is 0 Å². The van der Waals surface area contributed by atoms with Crippen molar-refractivity contribution in [2.45, 2.75) is 88.7 Å². The van der Waals surface area contributed by atoms with E-state index in [1.165, 1.54) is 81.0 Å². The summed E-state index contributed by atoms with van der Waals surface area (Å²) in [6.45, 7) is 0. The number of hydrogen-bond donors (Lipinski definition) is 0. The second kappa shape index (κ2) is 8.41. The van der Waals surface area contributed by atoms with E-state index in [-0.39, 0.29) is 12.1 Å². The van der Waals surface area contributed by atoms with Gasteiger partial charge in [0, 0.05) is 18.0 Å². The summed E-state index contributed by atoms with van der Waals surface area (Å²) >= 11 is 0. The molecule has 0 radical (unpaired) electrons. The molecule has 0 unspecified atom stereocenters. The molecule has 31 heavy (non-hydrogen) atoms. The molecule has 0 saturated heterocycles. The largest absolute Gasteiger partial charge is 0.470 e. The molecule has 2 saturated carbocycles. The van der Waals surface area contributed by atoms with Gasteiger partial charge in [0.1, 0.15) is 17.8 Å². The van der Waals surface area contributed by atoms with Gasteiger partial charge in [-0.25, -0.2) is 9.98 Å². The number of hydrogen-bond acceptors (Lipinski definition) is 3. The second-order valence-electron chi connectivity index (χ2n) is 10.2. The Hall–Kier alpha value is -2.16. The monoisotopic (exact) mass is 414 g/mol. The zero-order valence-corrected chi connectivity index (χ0v) is 18.5. The Morgan fingerprint density at radius 1 is 0.774 bits per heavy atom. The maximum absolute atomic E-state index is 6.37. The van der Waals surface area contributed by atoms with Crippen LogP contribution >= 0.6 is 0 Å². The quantitative estimate of drug-likeness (QED) is 0.553. The highest BCUT2D eigenvalue weighted by molar-refractivity contribution is 5.94. The molecule has 0 amide bonds. The van der Waals surface area contributed by atoms with Crippen molar-refractivity contribution in [1.82, 2.24) is 4.98 Å². The summed E-state index contributed by atoms with van der Waals surface area (Å²) < 4.78 is 6.37. The van der Waals surface area contributed by atoms with Crippen molar-refractivity contribution in [3.63, 3.8) is 0 Å². The molecule has 6 rings (SSSR count). The minimum Gasteiger partial charge on any atom is -0.470 e. The van der Waals surface area contributed by atoms with E-state index in [1.807, 2.05) is 0 Å². The average Bonchev–Trinajstić information content (AvgIpc) is 3.39. The highest BCUT2D eigenvalue weighted by atomic mass is 16.5. The lowest BCUT2D eigenvalue weighted by atomic mass is 9.68. The lowest BCUT2D eigenvalue weighted by molar-refractivity contribution is 0.198. The van der Waals surface area contributed by atoms with Crippen LogP contribution in [0.4, 0.5) is 0 Å². The van der Waals surface area contributed by atoms with Gasteiger partial charge in [-0.2, -0.15) is 0 Å². The number of pyridine rings is 1.